The highest BCUT2D eigenvalue weighted by atomic mass is 16.1. The summed E-state index contributed by atoms with van der Waals surface area (Å²) in [4.78, 5) is 12.8. The molecule has 27 heavy (non-hydrogen) atoms. The fourth-order valence-electron chi connectivity index (χ4n) is 2.73. The van der Waals surface area contributed by atoms with Gasteiger partial charge in [0.2, 0.25) is 0 Å². The van der Waals surface area contributed by atoms with Crippen molar-refractivity contribution in [2.24, 2.45) is 10.2 Å². The molecule has 0 radical (unpaired) electrons. The van der Waals surface area contributed by atoms with Crippen LogP contribution >= 0.6 is 0 Å². The van der Waals surface area contributed by atoms with Gasteiger partial charge in [-0.25, -0.2) is 4.68 Å². The molecule has 138 valence electrons. The average molecular weight is 360 g/mol. The topological polar surface area (TPSA) is 62.5 Å². The largest absolute Gasteiger partial charge is 0.299 e. The molecule has 5 nitrogen and oxygen atoms in total. The van der Waals surface area contributed by atoms with E-state index < -0.39 is 0 Å². The highest BCUT2D eigenvalue weighted by Gasteiger charge is 2.15. The number of rotatable bonds is 4. The number of aromatic nitrogens is 2. The van der Waals surface area contributed by atoms with Crippen LogP contribution in [0.25, 0.3) is 11.8 Å². The van der Waals surface area contributed by atoms with Gasteiger partial charge in [0.05, 0.1) is 17.1 Å². The maximum atomic E-state index is 12.8. The predicted octanol–water partition coefficient (Wildman–Crippen LogP) is 5.83. The monoisotopic (exact) mass is 360 g/mol. The standard InChI is InChI=1S/C22H24N4O/c1-6-16-7-11-18(12-8-16)23-24-20-15(2)25-26(21(20)27)19-13-9-17(10-14-19)22(3,4)5/h6-14,25H,1H2,2-5H3. The third-order valence-electron chi connectivity index (χ3n) is 4.43. The Morgan fingerprint density at radius 1 is 1.00 bits per heavy atom. The molecular formula is C22H24N4O. The summed E-state index contributed by atoms with van der Waals surface area (Å²) in [5, 5.41) is 11.4. The van der Waals surface area contributed by atoms with Crippen molar-refractivity contribution in [3.8, 4) is 5.69 Å². The number of hydrogen-bond donors (Lipinski definition) is 1. The number of nitrogens with one attached hydrogen (secondary N) is 1. The van der Waals surface area contributed by atoms with E-state index in [4.69, 9.17) is 0 Å². The Bertz CT molecular complexity index is 1030. The number of aromatic amines is 1. The lowest BCUT2D eigenvalue weighted by molar-refractivity contribution is 0.590. The number of hydrogen-bond acceptors (Lipinski definition) is 3. The summed E-state index contributed by atoms with van der Waals surface area (Å²) in [6.07, 6.45) is 1.76. The van der Waals surface area contributed by atoms with E-state index in [0.29, 0.717) is 17.1 Å². The molecule has 0 aliphatic rings. The first-order valence-electron chi connectivity index (χ1n) is 8.86. The van der Waals surface area contributed by atoms with Crippen LogP contribution < -0.4 is 5.56 Å². The summed E-state index contributed by atoms with van der Waals surface area (Å²) in [6, 6.07) is 15.4. The normalized spacial score (nSPS) is 11.9. The number of azo groups is 1. The van der Waals surface area contributed by atoms with Crippen LogP contribution in [0.2, 0.25) is 0 Å². The number of aryl methyl sites for hydroxylation is 1. The third kappa shape index (κ3) is 3.97. The Morgan fingerprint density at radius 3 is 2.19 bits per heavy atom. The van der Waals surface area contributed by atoms with E-state index >= 15 is 0 Å². The second-order valence-electron chi connectivity index (χ2n) is 7.52. The molecule has 3 rings (SSSR count). The van der Waals surface area contributed by atoms with Crippen LogP contribution in [0.3, 0.4) is 0 Å². The summed E-state index contributed by atoms with van der Waals surface area (Å²) in [5.41, 5.74) is 4.50. The van der Waals surface area contributed by atoms with E-state index in [0.717, 1.165) is 11.3 Å². The van der Waals surface area contributed by atoms with Gasteiger partial charge in [-0.15, -0.1) is 5.11 Å². The number of benzene rings is 2. The van der Waals surface area contributed by atoms with Gasteiger partial charge in [-0.2, -0.15) is 5.11 Å². The van der Waals surface area contributed by atoms with Crippen LogP contribution in [0.4, 0.5) is 11.4 Å². The number of nitrogens with zero attached hydrogens (tertiary/aromatic N) is 3. The van der Waals surface area contributed by atoms with Crippen molar-refractivity contribution in [3.05, 3.63) is 82.3 Å². The first-order chi connectivity index (χ1) is 12.8. The quantitative estimate of drug-likeness (QED) is 0.585. The molecule has 0 saturated heterocycles. The summed E-state index contributed by atoms with van der Waals surface area (Å²) in [6.45, 7) is 12.0. The van der Waals surface area contributed by atoms with Crippen molar-refractivity contribution in [2.75, 3.05) is 0 Å². The highest BCUT2D eigenvalue weighted by Crippen LogP contribution is 2.24. The second kappa shape index (κ2) is 7.19. The third-order valence-corrected chi connectivity index (χ3v) is 4.43. The van der Waals surface area contributed by atoms with Crippen molar-refractivity contribution in [1.29, 1.82) is 0 Å². The molecule has 0 aliphatic heterocycles. The number of H-pyrrole nitrogens is 1. The van der Waals surface area contributed by atoms with Crippen LogP contribution in [0.5, 0.6) is 0 Å². The predicted molar refractivity (Wildman–Crippen MR) is 111 cm³/mol. The molecule has 0 bridgehead atoms. The van der Waals surface area contributed by atoms with Crippen molar-refractivity contribution in [1.82, 2.24) is 9.78 Å². The first-order valence-corrected chi connectivity index (χ1v) is 8.86. The molecule has 0 unspecified atom stereocenters. The maximum Gasteiger partial charge on any atom is 0.299 e. The van der Waals surface area contributed by atoms with Crippen LogP contribution in [-0.4, -0.2) is 9.78 Å². The highest BCUT2D eigenvalue weighted by molar-refractivity contribution is 5.51. The molecule has 3 aromatic rings. The molecule has 0 saturated carbocycles. The van der Waals surface area contributed by atoms with Crippen LogP contribution in [0.1, 0.15) is 37.6 Å². The van der Waals surface area contributed by atoms with Gasteiger partial charge < -0.3 is 0 Å². The average Bonchev–Trinajstić information content (AvgIpc) is 2.94. The molecule has 0 amide bonds. The summed E-state index contributed by atoms with van der Waals surface area (Å²) in [7, 11) is 0. The molecule has 0 spiro atoms. The molecule has 0 aliphatic carbocycles. The van der Waals surface area contributed by atoms with E-state index in [9.17, 15) is 4.79 Å². The summed E-state index contributed by atoms with van der Waals surface area (Å²) < 4.78 is 1.50. The molecule has 0 atom stereocenters. The zero-order chi connectivity index (χ0) is 19.6. The van der Waals surface area contributed by atoms with E-state index in [-0.39, 0.29) is 11.0 Å². The minimum absolute atomic E-state index is 0.0651. The van der Waals surface area contributed by atoms with Gasteiger partial charge in [-0.05, 0) is 47.7 Å². The smallest absolute Gasteiger partial charge is 0.293 e. The van der Waals surface area contributed by atoms with E-state index in [2.05, 4.69) is 42.7 Å². The zero-order valence-corrected chi connectivity index (χ0v) is 16.2. The Labute approximate surface area is 159 Å². The van der Waals surface area contributed by atoms with E-state index in [1.54, 1.807) is 6.08 Å². The van der Waals surface area contributed by atoms with Gasteiger partial charge in [0.15, 0.2) is 5.69 Å². The van der Waals surface area contributed by atoms with Gasteiger partial charge in [-0.1, -0.05) is 57.7 Å². The van der Waals surface area contributed by atoms with Crippen molar-refractivity contribution < 1.29 is 0 Å². The van der Waals surface area contributed by atoms with Crippen molar-refractivity contribution in [3.63, 3.8) is 0 Å². The van der Waals surface area contributed by atoms with Gasteiger partial charge in [0.1, 0.15) is 0 Å². The minimum Gasteiger partial charge on any atom is -0.293 e. The van der Waals surface area contributed by atoms with E-state index in [1.807, 2.05) is 55.5 Å². The molecule has 2 aromatic carbocycles. The molecule has 0 fully saturated rings. The molecular weight excluding hydrogens is 336 g/mol. The molecule has 1 heterocycles. The maximum absolute atomic E-state index is 12.8. The van der Waals surface area contributed by atoms with Crippen molar-refractivity contribution in [2.45, 2.75) is 33.1 Å². The summed E-state index contributed by atoms with van der Waals surface area (Å²) >= 11 is 0. The van der Waals surface area contributed by atoms with Crippen molar-refractivity contribution >= 4 is 17.5 Å². The Kier molecular flexibility index (Phi) is 4.95. The zero-order valence-electron chi connectivity index (χ0n) is 16.2. The lowest BCUT2D eigenvalue weighted by Gasteiger charge is -2.19. The SMILES string of the molecule is C=Cc1ccc(N=Nc2c(C)[nH]n(-c3ccc(C(C)(C)C)cc3)c2=O)cc1. The molecule has 1 aromatic heterocycles. The fourth-order valence-corrected chi connectivity index (χ4v) is 2.73. The minimum atomic E-state index is -0.220. The Hall–Kier alpha value is -3.21. The lowest BCUT2D eigenvalue weighted by Crippen LogP contribution is -2.15. The van der Waals surface area contributed by atoms with Gasteiger partial charge in [-0.3, -0.25) is 9.89 Å². The molecule has 5 heteroatoms. The second-order valence-corrected chi connectivity index (χ2v) is 7.52. The Balaban J connectivity index is 1.91. The van der Waals surface area contributed by atoms with E-state index in [1.165, 1.54) is 10.2 Å². The summed E-state index contributed by atoms with van der Waals surface area (Å²) in [5.74, 6) is 0. The lowest BCUT2D eigenvalue weighted by atomic mass is 9.87. The first kappa shape index (κ1) is 18.6. The van der Waals surface area contributed by atoms with Gasteiger partial charge in [0.25, 0.3) is 5.56 Å². The van der Waals surface area contributed by atoms with Crippen LogP contribution in [0.15, 0.2) is 70.1 Å². The molecule has 1 N–H and O–H groups in total. The fraction of sp³-hybridized carbons (Fsp3) is 0.227. The van der Waals surface area contributed by atoms with Crippen LogP contribution in [0, 0.1) is 6.92 Å². The van der Waals surface area contributed by atoms with Gasteiger partial charge in [0, 0.05) is 0 Å². The van der Waals surface area contributed by atoms with Gasteiger partial charge >= 0.3 is 0 Å². The van der Waals surface area contributed by atoms with Crippen LogP contribution in [-0.2, 0) is 5.41 Å². The Morgan fingerprint density at radius 2 is 1.63 bits per heavy atom.